The summed E-state index contributed by atoms with van der Waals surface area (Å²) >= 11 is 0. The van der Waals surface area contributed by atoms with Crippen LogP contribution in [-0.2, 0) is 35.1 Å². The van der Waals surface area contributed by atoms with Crippen molar-refractivity contribution in [1.82, 2.24) is 10.2 Å². The van der Waals surface area contributed by atoms with Crippen LogP contribution in [0, 0.1) is 0 Å². The summed E-state index contributed by atoms with van der Waals surface area (Å²) in [4.78, 5) is 50.2. The van der Waals surface area contributed by atoms with Crippen LogP contribution >= 0.6 is 0 Å². The molecule has 1 unspecified atom stereocenters. The second kappa shape index (κ2) is 12.4. The van der Waals surface area contributed by atoms with Gasteiger partial charge in [-0.15, -0.1) is 0 Å². The van der Waals surface area contributed by atoms with Gasteiger partial charge in [-0.3, -0.25) is 24.5 Å². The third kappa shape index (κ3) is 6.81. The van der Waals surface area contributed by atoms with Crippen LogP contribution in [0.1, 0.15) is 35.2 Å². The zero-order chi connectivity index (χ0) is 23.6. The molecular formula is C22H29N3O8. The van der Waals surface area contributed by atoms with Gasteiger partial charge in [0.05, 0.1) is 52.7 Å². The van der Waals surface area contributed by atoms with Crippen LogP contribution in [0.3, 0.4) is 0 Å². The molecule has 4 amide bonds. The zero-order valence-corrected chi connectivity index (χ0v) is 18.3. The van der Waals surface area contributed by atoms with Crippen LogP contribution in [0.15, 0.2) is 18.2 Å². The lowest BCUT2D eigenvalue weighted by Crippen LogP contribution is -2.52. The molecule has 0 aliphatic carbocycles. The van der Waals surface area contributed by atoms with Gasteiger partial charge in [-0.05, 0) is 18.6 Å². The van der Waals surface area contributed by atoms with Crippen molar-refractivity contribution in [3.8, 4) is 0 Å². The van der Waals surface area contributed by atoms with Gasteiger partial charge in [0.15, 0.2) is 0 Å². The molecule has 11 nitrogen and oxygen atoms in total. The van der Waals surface area contributed by atoms with Crippen molar-refractivity contribution in [2.45, 2.75) is 31.8 Å². The maximum atomic E-state index is 12.8. The molecule has 0 spiro atoms. The fraction of sp³-hybridized carbons (Fsp3) is 0.545. The standard InChI is InChI=1S/C22H29N3O8/c26-7-9-32-11-13-33-12-10-31-8-6-20(28)23-17-3-1-2-15-16(17)14-25(22(15)30)18-4-5-19(27)24-21(18)29/h1-3,18,26H,4-14H2,(H,23,28)(H,24,27,29). The average molecular weight is 463 g/mol. The Hall–Kier alpha value is -2.86. The second-order valence-corrected chi connectivity index (χ2v) is 7.59. The average Bonchev–Trinajstić information content (AvgIpc) is 3.12. The number of imide groups is 1. The number of nitrogens with one attached hydrogen (secondary N) is 2. The summed E-state index contributed by atoms with van der Waals surface area (Å²) in [5.74, 6) is -1.36. The van der Waals surface area contributed by atoms with Crippen LogP contribution in [0.5, 0.6) is 0 Å². The Morgan fingerprint density at radius 2 is 1.76 bits per heavy atom. The van der Waals surface area contributed by atoms with Crippen LogP contribution in [0.2, 0.25) is 0 Å². The zero-order valence-electron chi connectivity index (χ0n) is 18.3. The molecule has 3 N–H and O–H groups in total. The molecule has 1 aromatic carbocycles. The Balaban J connectivity index is 1.42. The first-order valence-corrected chi connectivity index (χ1v) is 10.9. The number of benzene rings is 1. The monoisotopic (exact) mass is 463 g/mol. The van der Waals surface area contributed by atoms with E-state index >= 15 is 0 Å². The van der Waals surface area contributed by atoms with Crippen molar-refractivity contribution < 1.29 is 38.5 Å². The van der Waals surface area contributed by atoms with Gasteiger partial charge in [0.1, 0.15) is 6.04 Å². The maximum absolute atomic E-state index is 12.8. The Morgan fingerprint density at radius 1 is 1.06 bits per heavy atom. The molecular weight excluding hydrogens is 434 g/mol. The number of rotatable bonds is 13. The quantitative estimate of drug-likeness (QED) is 0.270. The number of aliphatic hydroxyl groups excluding tert-OH is 1. The highest BCUT2D eigenvalue weighted by molar-refractivity contribution is 6.06. The van der Waals surface area contributed by atoms with E-state index in [1.165, 1.54) is 4.90 Å². The van der Waals surface area contributed by atoms with Gasteiger partial charge >= 0.3 is 0 Å². The fourth-order valence-corrected chi connectivity index (χ4v) is 3.69. The SMILES string of the molecule is O=C1CCC(N2Cc3c(NC(=O)CCOCCOCCOCCO)cccc3C2=O)C(=O)N1. The van der Waals surface area contributed by atoms with E-state index in [0.29, 0.717) is 43.2 Å². The minimum absolute atomic E-state index is 0.0225. The normalized spacial score (nSPS) is 17.8. The summed E-state index contributed by atoms with van der Waals surface area (Å²) in [7, 11) is 0. The molecule has 2 aliphatic rings. The van der Waals surface area contributed by atoms with Gasteiger partial charge in [0, 0.05) is 29.8 Å². The lowest BCUT2D eigenvalue weighted by Gasteiger charge is -2.29. The first kappa shape index (κ1) is 24.8. The van der Waals surface area contributed by atoms with Crippen molar-refractivity contribution >= 4 is 29.3 Å². The summed E-state index contributed by atoms with van der Waals surface area (Å²) in [5, 5.41) is 13.7. The smallest absolute Gasteiger partial charge is 0.255 e. The van der Waals surface area contributed by atoms with Crippen LogP contribution < -0.4 is 10.6 Å². The Morgan fingerprint density at radius 3 is 2.45 bits per heavy atom. The number of anilines is 1. The molecule has 1 saturated heterocycles. The Bertz CT molecular complexity index is 875. The number of aliphatic hydroxyl groups is 1. The van der Waals surface area contributed by atoms with Gasteiger partial charge in [0.25, 0.3) is 5.91 Å². The van der Waals surface area contributed by atoms with Gasteiger partial charge in [-0.2, -0.15) is 0 Å². The lowest BCUT2D eigenvalue weighted by atomic mass is 10.0. The van der Waals surface area contributed by atoms with Gasteiger partial charge in [-0.25, -0.2) is 0 Å². The number of hydrogen-bond acceptors (Lipinski definition) is 8. The summed E-state index contributed by atoms with van der Waals surface area (Å²) in [6.45, 7) is 2.16. The molecule has 1 aromatic rings. The minimum atomic E-state index is -0.706. The minimum Gasteiger partial charge on any atom is -0.394 e. The molecule has 1 atom stereocenters. The molecule has 0 bridgehead atoms. The van der Waals surface area contributed by atoms with Crippen molar-refractivity contribution in [2.75, 3.05) is 51.6 Å². The highest BCUT2D eigenvalue weighted by atomic mass is 16.5. The molecule has 1 fully saturated rings. The number of hydrogen-bond donors (Lipinski definition) is 3. The topological polar surface area (TPSA) is 144 Å². The molecule has 180 valence electrons. The Labute approximate surface area is 191 Å². The van der Waals surface area contributed by atoms with Gasteiger partial charge in [0.2, 0.25) is 17.7 Å². The highest BCUT2D eigenvalue weighted by Gasteiger charge is 2.39. The predicted octanol–water partition coefficient (Wildman–Crippen LogP) is -0.182. The molecule has 33 heavy (non-hydrogen) atoms. The van der Waals surface area contributed by atoms with Crippen molar-refractivity contribution in [2.24, 2.45) is 0 Å². The van der Waals surface area contributed by atoms with E-state index in [-0.39, 0.29) is 63.3 Å². The van der Waals surface area contributed by atoms with E-state index in [1.54, 1.807) is 18.2 Å². The molecule has 3 rings (SSSR count). The summed E-state index contributed by atoms with van der Waals surface area (Å²) in [5.41, 5.74) is 1.61. The largest absolute Gasteiger partial charge is 0.394 e. The first-order valence-electron chi connectivity index (χ1n) is 10.9. The summed E-state index contributed by atoms with van der Waals surface area (Å²) in [6.07, 6.45) is 0.597. The third-order valence-corrected chi connectivity index (χ3v) is 5.31. The molecule has 0 saturated carbocycles. The van der Waals surface area contributed by atoms with E-state index in [1.807, 2.05) is 0 Å². The molecule has 2 heterocycles. The fourth-order valence-electron chi connectivity index (χ4n) is 3.69. The Kier molecular flexibility index (Phi) is 9.31. The number of piperidine rings is 1. The van der Waals surface area contributed by atoms with E-state index in [9.17, 15) is 19.2 Å². The van der Waals surface area contributed by atoms with Gasteiger partial charge in [-0.1, -0.05) is 6.07 Å². The van der Waals surface area contributed by atoms with Crippen LogP contribution in [0.4, 0.5) is 5.69 Å². The van der Waals surface area contributed by atoms with E-state index in [2.05, 4.69) is 10.6 Å². The van der Waals surface area contributed by atoms with Gasteiger partial charge < -0.3 is 29.5 Å². The van der Waals surface area contributed by atoms with Crippen molar-refractivity contribution in [3.05, 3.63) is 29.3 Å². The number of carbonyl (C=O) groups is 4. The summed E-state index contributed by atoms with van der Waals surface area (Å²) in [6, 6.07) is 4.35. The highest BCUT2D eigenvalue weighted by Crippen LogP contribution is 2.32. The van der Waals surface area contributed by atoms with Crippen molar-refractivity contribution in [3.63, 3.8) is 0 Å². The number of amides is 4. The second-order valence-electron chi connectivity index (χ2n) is 7.59. The molecule has 0 aromatic heterocycles. The molecule has 0 radical (unpaired) electrons. The lowest BCUT2D eigenvalue weighted by molar-refractivity contribution is -0.137. The predicted molar refractivity (Wildman–Crippen MR) is 115 cm³/mol. The third-order valence-electron chi connectivity index (χ3n) is 5.31. The summed E-state index contributed by atoms with van der Waals surface area (Å²) < 4.78 is 15.8. The maximum Gasteiger partial charge on any atom is 0.255 e. The van der Waals surface area contributed by atoms with E-state index in [4.69, 9.17) is 19.3 Å². The molecule has 2 aliphatic heterocycles. The number of ether oxygens (including phenoxy) is 3. The van der Waals surface area contributed by atoms with E-state index in [0.717, 1.165) is 0 Å². The number of fused-ring (bicyclic) bond motifs is 1. The molecule has 11 heteroatoms. The van der Waals surface area contributed by atoms with Crippen LogP contribution in [-0.4, -0.2) is 85.9 Å². The number of carbonyl (C=O) groups excluding carboxylic acids is 4. The number of nitrogens with zero attached hydrogens (tertiary/aromatic N) is 1. The van der Waals surface area contributed by atoms with E-state index < -0.39 is 11.9 Å². The first-order chi connectivity index (χ1) is 16.0. The van der Waals surface area contributed by atoms with Crippen LogP contribution in [0.25, 0.3) is 0 Å². The van der Waals surface area contributed by atoms with Crippen molar-refractivity contribution in [1.29, 1.82) is 0 Å².